The molecule has 1 rings (SSSR count). The molecule has 0 spiro atoms. The van der Waals surface area contributed by atoms with Crippen LogP contribution < -0.4 is 0 Å². The molecule has 5 nitrogen and oxygen atoms in total. The second-order valence-corrected chi connectivity index (χ2v) is 3.71. The molecule has 1 aromatic rings. The fourth-order valence-corrected chi connectivity index (χ4v) is 1.52. The van der Waals surface area contributed by atoms with Gasteiger partial charge in [0.2, 0.25) is 0 Å². The van der Waals surface area contributed by atoms with E-state index in [1.807, 2.05) is 0 Å². The molecular formula is C9H7Cl2NO4. The zero-order valence-corrected chi connectivity index (χ0v) is 9.54. The number of halogens is 2. The van der Waals surface area contributed by atoms with Gasteiger partial charge in [-0.05, 0) is 6.07 Å². The van der Waals surface area contributed by atoms with Gasteiger partial charge in [-0.15, -0.1) is 0 Å². The number of phenolic OH excluding ortho intramolecular Hbond substituents is 2. The highest BCUT2D eigenvalue weighted by atomic mass is 35.5. The topological polar surface area (TPSA) is 90.1 Å². The summed E-state index contributed by atoms with van der Waals surface area (Å²) >= 11 is 11.3. The average molecular weight is 264 g/mol. The summed E-state index contributed by atoms with van der Waals surface area (Å²) in [5.41, 5.74) is -0.417. The number of ketones is 1. The van der Waals surface area contributed by atoms with Gasteiger partial charge in [0.1, 0.15) is 0 Å². The minimum Gasteiger partial charge on any atom is -0.503 e. The van der Waals surface area contributed by atoms with Gasteiger partial charge in [-0.3, -0.25) is 4.79 Å². The van der Waals surface area contributed by atoms with Crippen molar-refractivity contribution in [3.63, 3.8) is 0 Å². The van der Waals surface area contributed by atoms with Crippen LogP contribution in [-0.2, 0) is 4.79 Å². The lowest BCUT2D eigenvalue weighted by atomic mass is 10.1. The van der Waals surface area contributed by atoms with Crippen molar-refractivity contribution < 1.29 is 20.2 Å². The highest BCUT2D eigenvalue weighted by Gasteiger charge is 2.21. The standard InChI is InChI=1S/C9H7Cl2NO4/c1-3(13)7(12-16)4-2-5(10)8(14)9(15)6(4)11/h2,14-16H,1H3. The predicted octanol–water partition coefficient (Wildman–Crippen LogP) is 2.17. The van der Waals surface area contributed by atoms with E-state index in [1.54, 1.807) is 0 Å². The van der Waals surface area contributed by atoms with Gasteiger partial charge in [-0.2, -0.15) is 0 Å². The quantitative estimate of drug-likeness (QED) is 0.330. The molecule has 16 heavy (non-hydrogen) atoms. The molecule has 0 bridgehead atoms. The first kappa shape index (κ1) is 12.6. The fourth-order valence-electron chi connectivity index (χ4n) is 1.09. The summed E-state index contributed by atoms with van der Waals surface area (Å²) in [5, 5.41) is 29.5. The number of aromatic hydroxyl groups is 2. The molecule has 0 unspecified atom stereocenters. The van der Waals surface area contributed by atoms with Crippen LogP contribution in [-0.4, -0.2) is 26.9 Å². The van der Waals surface area contributed by atoms with Gasteiger partial charge >= 0.3 is 0 Å². The van der Waals surface area contributed by atoms with Gasteiger partial charge in [0.25, 0.3) is 0 Å². The van der Waals surface area contributed by atoms with E-state index in [9.17, 15) is 15.0 Å². The van der Waals surface area contributed by atoms with Crippen LogP contribution in [0.1, 0.15) is 12.5 Å². The van der Waals surface area contributed by atoms with Crippen LogP contribution >= 0.6 is 23.2 Å². The summed E-state index contributed by atoms with van der Waals surface area (Å²) in [5.74, 6) is -1.84. The monoisotopic (exact) mass is 263 g/mol. The van der Waals surface area contributed by atoms with E-state index < -0.39 is 17.3 Å². The Morgan fingerprint density at radius 3 is 2.31 bits per heavy atom. The smallest absolute Gasteiger partial charge is 0.182 e. The molecule has 0 radical (unpaired) electrons. The first-order valence-electron chi connectivity index (χ1n) is 4.03. The van der Waals surface area contributed by atoms with Gasteiger partial charge in [0.05, 0.1) is 10.0 Å². The molecule has 0 fully saturated rings. The summed E-state index contributed by atoms with van der Waals surface area (Å²) in [6.45, 7) is 1.16. The maximum Gasteiger partial charge on any atom is 0.182 e. The number of phenols is 2. The normalized spacial score (nSPS) is 11.6. The number of carbonyl (C=O) groups excluding carboxylic acids is 1. The third-order valence-corrected chi connectivity index (χ3v) is 2.53. The lowest BCUT2D eigenvalue weighted by Crippen LogP contribution is -2.12. The summed E-state index contributed by atoms with van der Waals surface area (Å²) in [6.07, 6.45) is 0. The highest BCUT2D eigenvalue weighted by Crippen LogP contribution is 2.41. The van der Waals surface area contributed by atoms with E-state index in [0.717, 1.165) is 13.0 Å². The van der Waals surface area contributed by atoms with E-state index in [2.05, 4.69) is 5.16 Å². The SMILES string of the molecule is CC(=O)C(=NO)c1cc(Cl)c(O)c(O)c1Cl. The van der Waals surface area contributed by atoms with Crippen LogP contribution in [0.3, 0.4) is 0 Å². The maximum absolute atomic E-state index is 11.1. The molecule has 0 aromatic heterocycles. The second kappa shape index (κ2) is 4.59. The Balaban J connectivity index is 3.53. The summed E-state index contributed by atoms with van der Waals surface area (Å²) in [7, 11) is 0. The summed E-state index contributed by atoms with van der Waals surface area (Å²) in [6, 6.07) is 1.12. The predicted molar refractivity (Wildman–Crippen MR) is 58.8 cm³/mol. The number of benzene rings is 1. The van der Waals surface area contributed by atoms with Gasteiger partial charge in [-0.1, -0.05) is 28.4 Å². The average Bonchev–Trinajstić information content (AvgIpc) is 2.23. The number of Topliss-reactive ketones (excluding diaryl/α,β-unsaturated/α-hetero) is 1. The van der Waals surface area contributed by atoms with E-state index in [1.165, 1.54) is 0 Å². The molecule has 3 N–H and O–H groups in total. The number of hydrogen-bond acceptors (Lipinski definition) is 5. The van der Waals surface area contributed by atoms with E-state index in [0.29, 0.717) is 0 Å². The van der Waals surface area contributed by atoms with Crippen LogP contribution in [0.2, 0.25) is 10.0 Å². The molecule has 0 saturated carbocycles. The summed E-state index contributed by atoms with van der Waals surface area (Å²) in [4.78, 5) is 11.1. The van der Waals surface area contributed by atoms with Crippen molar-refractivity contribution in [2.75, 3.05) is 0 Å². The number of carbonyl (C=O) groups is 1. The molecule has 0 saturated heterocycles. The Bertz CT molecular complexity index is 485. The lowest BCUT2D eigenvalue weighted by molar-refractivity contribution is -0.111. The molecule has 0 atom stereocenters. The molecule has 0 amide bonds. The molecule has 0 aliphatic carbocycles. The maximum atomic E-state index is 11.1. The minimum absolute atomic E-state index is 0.0584. The van der Waals surface area contributed by atoms with Crippen LogP contribution in [0, 0.1) is 0 Å². The molecule has 0 heterocycles. The zero-order chi connectivity index (χ0) is 12.5. The molecule has 7 heteroatoms. The molecular weight excluding hydrogens is 257 g/mol. The Labute approximate surface area is 101 Å². The first-order chi connectivity index (χ1) is 7.40. The van der Waals surface area contributed by atoms with Gasteiger partial charge in [0.15, 0.2) is 23.0 Å². The van der Waals surface area contributed by atoms with Crippen molar-refractivity contribution in [3.8, 4) is 11.5 Å². The fraction of sp³-hybridized carbons (Fsp3) is 0.111. The number of oxime groups is 1. The van der Waals surface area contributed by atoms with Crippen molar-refractivity contribution in [2.24, 2.45) is 5.16 Å². The summed E-state index contributed by atoms with van der Waals surface area (Å²) < 4.78 is 0. The second-order valence-electron chi connectivity index (χ2n) is 2.92. The van der Waals surface area contributed by atoms with Crippen LogP contribution in [0.25, 0.3) is 0 Å². The molecule has 86 valence electrons. The van der Waals surface area contributed by atoms with Gasteiger partial charge in [-0.25, -0.2) is 0 Å². The van der Waals surface area contributed by atoms with Crippen molar-refractivity contribution in [1.82, 2.24) is 0 Å². The van der Waals surface area contributed by atoms with E-state index >= 15 is 0 Å². The molecule has 0 aliphatic heterocycles. The Morgan fingerprint density at radius 1 is 1.31 bits per heavy atom. The van der Waals surface area contributed by atoms with Crippen molar-refractivity contribution in [2.45, 2.75) is 6.92 Å². The molecule has 1 aromatic carbocycles. The lowest BCUT2D eigenvalue weighted by Gasteiger charge is -2.08. The first-order valence-corrected chi connectivity index (χ1v) is 4.79. The third-order valence-electron chi connectivity index (χ3n) is 1.85. The van der Waals surface area contributed by atoms with Crippen LogP contribution in [0.4, 0.5) is 0 Å². The number of nitrogens with zero attached hydrogens (tertiary/aromatic N) is 1. The third kappa shape index (κ3) is 2.05. The molecule has 0 aliphatic rings. The van der Waals surface area contributed by atoms with E-state index in [4.69, 9.17) is 28.4 Å². The Kier molecular flexibility index (Phi) is 3.62. The Morgan fingerprint density at radius 2 is 1.88 bits per heavy atom. The Hall–Kier alpha value is -1.46. The number of hydrogen-bond donors (Lipinski definition) is 3. The minimum atomic E-state index is -0.674. The van der Waals surface area contributed by atoms with Crippen molar-refractivity contribution in [1.29, 1.82) is 0 Å². The zero-order valence-electron chi connectivity index (χ0n) is 8.03. The van der Waals surface area contributed by atoms with Crippen LogP contribution in [0.15, 0.2) is 11.2 Å². The van der Waals surface area contributed by atoms with Crippen molar-refractivity contribution >= 4 is 34.7 Å². The van der Waals surface area contributed by atoms with Gasteiger partial charge < -0.3 is 15.4 Å². The van der Waals surface area contributed by atoms with Gasteiger partial charge in [0, 0.05) is 12.5 Å². The van der Waals surface area contributed by atoms with Crippen LogP contribution in [0.5, 0.6) is 11.5 Å². The highest BCUT2D eigenvalue weighted by molar-refractivity contribution is 6.50. The van der Waals surface area contributed by atoms with E-state index in [-0.39, 0.29) is 21.3 Å². The largest absolute Gasteiger partial charge is 0.503 e. The van der Waals surface area contributed by atoms with Crippen molar-refractivity contribution in [3.05, 3.63) is 21.7 Å². The number of rotatable bonds is 2.